The number of ether oxygens (including phenoxy) is 2. The van der Waals surface area contributed by atoms with Gasteiger partial charge in [-0.3, -0.25) is 0 Å². The fourth-order valence-electron chi connectivity index (χ4n) is 1.87. The first-order valence-electron chi connectivity index (χ1n) is 6.41. The average Bonchev–Trinajstić information content (AvgIpc) is 2.49. The number of nitrogens with one attached hydrogen (secondary N) is 1. The molecule has 1 N–H and O–H groups in total. The summed E-state index contributed by atoms with van der Waals surface area (Å²) in [7, 11) is 1.55. The monoisotopic (exact) mass is 294 g/mol. The first-order chi connectivity index (χ1) is 10.2. The highest BCUT2D eigenvalue weighted by molar-refractivity contribution is 5.33. The molecule has 4 nitrogen and oxygen atoms in total. The number of methoxy groups -OCH3 is 1. The number of para-hydroxylation sites is 1. The van der Waals surface area contributed by atoms with E-state index in [1.54, 1.807) is 31.5 Å². The Morgan fingerprint density at radius 2 is 2.00 bits per heavy atom. The zero-order valence-electron chi connectivity index (χ0n) is 11.6. The molecule has 0 radical (unpaired) electrons. The molecule has 0 aliphatic carbocycles. The summed E-state index contributed by atoms with van der Waals surface area (Å²) in [6.07, 6.45) is 1.66. The van der Waals surface area contributed by atoms with Gasteiger partial charge in [-0.1, -0.05) is 18.2 Å². The Labute approximate surface area is 121 Å². The number of halogens is 2. The molecule has 1 heterocycles. The van der Waals surface area contributed by atoms with E-state index in [1.807, 2.05) is 12.1 Å². The van der Waals surface area contributed by atoms with Crippen LogP contribution in [0.25, 0.3) is 0 Å². The van der Waals surface area contributed by atoms with Gasteiger partial charge < -0.3 is 14.8 Å². The zero-order chi connectivity index (χ0) is 15.1. The molecule has 0 aliphatic rings. The third-order valence-corrected chi connectivity index (χ3v) is 2.84. The van der Waals surface area contributed by atoms with Crippen LogP contribution < -0.4 is 14.8 Å². The maximum absolute atomic E-state index is 12.3. The van der Waals surface area contributed by atoms with Crippen LogP contribution in [0.1, 0.15) is 11.1 Å². The van der Waals surface area contributed by atoms with E-state index in [9.17, 15) is 8.78 Å². The van der Waals surface area contributed by atoms with Crippen molar-refractivity contribution in [3.8, 4) is 11.6 Å². The predicted molar refractivity (Wildman–Crippen MR) is 74.4 cm³/mol. The third-order valence-electron chi connectivity index (χ3n) is 2.84. The van der Waals surface area contributed by atoms with Crippen LogP contribution >= 0.6 is 0 Å². The zero-order valence-corrected chi connectivity index (χ0v) is 11.6. The topological polar surface area (TPSA) is 43.4 Å². The second-order valence-electron chi connectivity index (χ2n) is 4.30. The molecule has 1 aromatic carbocycles. The van der Waals surface area contributed by atoms with Gasteiger partial charge in [0.05, 0.1) is 7.11 Å². The molecule has 0 spiro atoms. The summed E-state index contributed by atoms with van der Waals surface area (Å²) < 4.78 is 34.1. The van der Waals surface area contributed by atoms with Gasteiger partial charge in [-0.2, -0.15) is 8.78 Å². The fourth-order valence-corrected chi connectivity index (χ4v) is 1.87. The minimum atomic E-state index is -2.82. The van der Waals surface area contributed by atoms with Crippen molar-refractivity contribution in [1.29, 1.82) is 0 Å². The minimum absolute atomic E-state index is 0.187. The summed E-state index contributed by atoms with van der Waals surface area (Å²) >= 11 is 0. The number of pyridine rings is 1. The average molecular weight is 294 g/mol. The van der Waals surface area contributed by atoms with Gasteiger partial charge >= 0.3 is 6.61 Å². The summed E-state index contributed by atoms with van der Waals surface area (Å²) in [4.78, 5) is 4.02. The molecule has 2 rings (SSSR count). The van der Waals surface area contributed by atoms with Crippen LogP contribution in [0.15, 0.2) is 42.6 Å². The van der Waals surface area contributed by atoms with Crippen LogP contribution in [0.4, 0.5) is 8.78 Å². The lowest BCUT2D eigenvalue weighted by Crippen LogP contribution is -2.14. The van der Waals surface area contributed by atoms with Crippen LogP contribution in [0.3, 0.4) is 0 Å². The molecule has 2 aromatic rings. The Kier molecular flexibility index (Phi) is 5.45. The van der Waals surface area contributed by atoms with Crippen LogP contribution in [0.5, 0.6) is 11.6 Å². The Hall–Kier alpha value is -2.21. The highest BCUT2D eigenvalue weighted by Crippen LogP contribution is 2.20. The van der Waals surface area contributed by atoms with Gasteiger partial charge in [-0.05, 0) is 17.7 Å². The maximum atomic E-state index is 12.3. The maximum Gasteiger partial charge on any atom is 0.387 e. The molecule has 0 aliphatic heterocycles. The van der Waals surface area contributed by atoms with E-state index in [4.69, 9.17) is 4.74 Å². The molecule has 1 aromatic heterocycles. The first-order valence-corrected chi connectivity index (χ1v) is 6.41. The van der Waals surface area contributed by atoms with E-state index >= 15 is 0 Å². The van der Waals surface area contributed by atoms with E-state index in [-0.39, 0.29) is 5.75 Å². The Bertz CT molecular complexity index is 579. The van der Waals surface area contributed by atoms with Crippen molar-refractivity contribution in [3.63, 3.8) is 0 Å². The molecule has 0 bridgehead atoms. The van der Waals surface area contributed by atoms with Crippen LogP contribution in [-0.4, -0.2) is 18.7 Å². The molecule has 0 unspecified atom stereocenters. The molecule has 0 amide bonds. The predicted octanol–water partition coefficient (Wildman–Crippen LogP) is 2.98. The summed E-state index contributed by atoms with van der Waals surface area (Å²) in [5.41, 5.74) is 1.67. The Balaban J connectivity index is 1.94. The first kappa shape index (κ1) is 15.2. The second-order valence-corrected chi connectivity index (χ2v) is 4.30. The third kappa shape index (κ3) is 4.68. The lowest BCUT2D eigenvalue weighted by atomic mass is 10.2. The largest absolute Gasteiger partial charge is 0.481 e. The summed E-state index contributed by atoms with van der Waals surface area (Å²) in [5.74, 6) is 0.725. The van der Waals surface area contributed by atoms with Gasteiger partial charge in [0.2, 0.25) is 5.88 Å². The Morgan fingerprint density at radius 3 is 2.76 bits per heavy atom. The van der Waals surface area contributed by atoms with Gasteiger partial charge in [-0.15, -0.1) is 0 Å². The van der Waals surface area contributed by atoms with Crippen LogP contribution in [0.2, 0.25) is 0 Å². The molecular weight excluding hydrogens is 278 g/mol. The highest BCUT2D eigenvalue weighted by Gasteiger charge is 2.08. The van der Waals surface area contributed by atoms with Gasteiger partial charge in [0.1, 0.15) is 5.75 Å². The van der Waals surface area contributed by atoms with E-state index in [0.717, 1.165) is 5.56 Å². The van der Waals surface area contributed by atoms with Crippen molar-refractivity contribution in [2.75, 3.05) is 7.11 Å². The van der Waals surface area contributed by atoms with E-state index in [2.05, 4.69) is 15.0 Å². The SMILES string of the molecule is COc1cc(CNCc2ccccc2OC(F)F)ccn1. The van der Waals surface area contributed by atoms with Crippen molar-refractivity contribution in [2.45, 2.75) is 19.7 Å². The van der Waals surface area contributed by atoms with Crippen molar-refractivity contribution >= 4 is 0 Å². The number of hydrogen-bond donors (Lipinski definition) is 1. The summed E-state index contributed by atoms with van der Waals surface area (Å²) in [6, 6.07) is 10.4. The normalized spacial score (nSPS) is 10.7. The number of aromatic nitrogens is 1. The number of nitrogens with zero attached hydrogens (tertiary/aromatic N) is 1. The molecule has 0 saturated carbocycles. The van der Waals surface area contributed by atoms with Crippen molar-refractivity contribution in [2.24, 2.45) is 0 Å². The second kappa shape index (κ2) is 7.54. The molecule has 21 heavy (non-hydrogen) atoms. The van der Waals surface area contributed by atoms with Gasteiger partial charge in [0, 0.05) is 30.9 Å². The fraction of sp³-hybridized carbons (Fsp3) is 0.267. The lowest BCUT2D eigenvalue weighted by Gasteiger charge is -2.11. The molecule has 0 saturated heterocycles. The van der Waals surface area contributed by atoms with Gasteiger partial charge in [-0.25, -0.2) is 4.98 Å². The number of hydrogen-bond acceptors (Lipinski definition) is 4. The van der Waals surface area contributed by atoms with Crippen LogP contribution in [-0.2, 0) is 13.1 Å². The quantitative estimate of drug-likeness (QED) is 0.852. The number of rotatable bonds is 7. The van der Waals surface area contributed by atoms with Crippen molar-refractivity contribution in [1.82, 2.24) is 10.3 Å². The molecule has 112 valence electrons. The lowest BCUT2D eigenvalue weighted by molar-refractivity contribution is -0.0505. The van der Waals surface area contributed by atoms with E-state index < -0.39 is 6.61 Å². The standard InChI is InChI=1S/C15H16F2N2O2/c1-20-14-8-11(6-7-19-14)9-18-10-12-4-2-3-5-13(12)21-15(16)17/h2-8,15,18H,9-10H2,1H3. The van der Waals surface area contributed by atoms with E-state index in [0.29, 0.717) is 24.5 Å². The highest BCUT2D eigenvalue weighted by atomic mass is 19.3. The summed E-state index contributed by atoms with van der Waals surface area (Å²) in [6.45, 7) is -1.83. The van der Waals surface area contributed by atoms with E-state index in [1.165, 1.54) is 6.07 Å². The number of alkyl halides is 2. The summed E-state index contributed by atoms with van der Waals surface area (Å²) in [5, 5.41) is 3.17. The van der Waals surface area contributed by atoms with Crippen LogP contribution in [0, 0.1) is 0 Å². The van der Waals surface area contributed by atoms with Gasteiger partial charge in [0.25, 0.3) is 0 Å². The minimum Gasteiger partial charge on any atom is -0.481 e. The number of benzene rings is 1. The smallest absolute Gasteiger partial charge is 0.387 e. The van der Waals surface area contributed by atoms with Crippen molar-refractivity contribution in [3.05, 3.63) is 53.7 Å². The van der Waals surface area contributed by atoms with Gasteiger partial charge in [0.15, 0.2) is 0 Å². The molecule has 0 fully saturated rings. The molecular formula is C15H16F2N2O2. The van der Waals surface area contributed by atoms with Crippen molar-refractivity contribution < 1.29 is 18.3 Å². The Morgan fingerprint density at radius 1 is 1.19 bits per heavy atom. The molecule has 0 atom stereocenters. The molecule has 6 heteroatoms.